The van der Waals surface area contributed by atoms with Gasteiger partial charge in [-0.1, -0.05) is 43.1 Å². The molecule has 0 saturated heterocycles. The molecule has 1 aromatic rings. The Morgan fingerprint density at radius 2 is 2.11 bits per heavy atom. The summed E-state index contributed by atoms with van der Waals surface area (Å²) in [6.07, 6.45) is 0.283. The first kappa shape index (κ1) is 14.9. The van der Waals surface area contributed by atoms with Crippen molar-refractivity contribution < 1.29 is 8.98 Å². The average molecular weight is 263 g/mol. The van der Waals surface area contributed by atoms with Crippen LogP contribution in [0.25, 0.3) is 0 Å². The van der Waals surface area contributed by atoms with Crippen molar-refractivity contribution in [2.45, 2.75) is 19.8 Å². The molecule has 0 spiro atoms. The summed E-state index contributed by atoms with van der Waals surface area (Å²) in [4.78, 5) is 12.3. The normalized spacial score (nSPS) is 9.89. The number of rotatable bonds is 7. The predicted molar refractivity (Wildman–Crippen MR) is 79.3 cm³/mol. The van der Waals surface area contributed by atoms with Crippen molar-refractivity contribution in [2.24, 2.45) is 0 Å². The molecule has 3 nitrogen and oxygen atoms in total. The van der Waals surface area contributed by atoms with E-state index >= 15 is 0 Å². The molecule has 1 amide bonds. The van der Waals surface area contributed by atoms with Crippen LogP contribution in [0.1, 0.15) is 12.0 Å². The summed E-state index contributed by atoms with van der Waals surface area (Å²) in [5.74, 6) is -0.0379. The molecule has 0 aliphatic rings. The molecule has 0 saturated carbocycles. The van der Waals surface area contributed by atoms with Crippen LogP contribution >= 0.6 is 12.0 Å². The van der Waals surface area contributed by atoms with Crippen LogP contribution in [0.5, 0.6) is 0 Å². The third kappa shape index (κ3) is 5.43. The molecule has 0 aromatic heterocycles. The number of carbonyl (C=O) groups excluding carboxylic acids is 1. The smallest absolute Gasteiger partial charge is 0.225 e. The van der Waals surface area contributed by atoms with E-state index in [1.54, 1.807) is 7.11 Å². The molecule has 1 N–H and O–H groups in total. The van der Waals surface area contributed by atoms with Gasteiger partial charge in [0.2, 0.25) is 5.91 Å². The van der Waals surface area contributed by atoms with Crippen molar-refractivity contribution >= 4 is 30.7 Å². The van der Waals surface area contributed by atoms with Crippen LogP contribution in [-0.2, 0) is 15.5 Å². The van der Waals surface area contributed by atoms with E-state index in [-0.39, 0.29) is 12.3 Å². The van der Waals surface area contributed by atoms with Gasteiger partial charge < -0.3 is 9.50 Å². The van der Waals surface area contributed by atoms with Crippen LogP contribution in [0.3, 0.4) is 0 Å². The lowest BCUT2D eigenvalue weighted by atomic mass is 9.73. The number of carbonyl (C=O) groups is 1. The van der Waals surface area contributed by atoms with Crippen LogP contribution in [0.15, 0.2) is 35.7 Å². The van der Waals surface area contributed by atoms with Crippen molar-refractivity contribution in [3.05, 3.63) is 41.3 Å². The van der Waals surface area contributed by atoms with E-state index in [1.807, 2.05) is 12.1 Å². The maximum atomic E-state index is 11.6. The van der Waals surface area contributed by atoms with Gasteiger partial charge >= 0.3 is 0 Å². The monoisotopic (exact) mass is 263 g/mol. The van der Waals surface area contributed by atoms with Crippen LogP contribution < -0.4 is 10.8 Å². The zero-order chi connectivity index (χ0) is 13.4. The number of hydrogen-bond acceptors (Lipinski definition) is 3. The molecule has 18 heavy (non-hydrogen) atoms. The van der Waals surface area contributed by atoms with Crippen LogP contribution in [-0.4, -0.2) is 20.3 Å². The first-order valence-corrected chi connectivity index (χ1v) is 6.62. The molecular weight excluding hydrogens is 245 g/mol. The summed E-state index contributed by atoms with van der Waals surface area (Å²) >= 11 is 1.13. The topological polar surface area (TPSA) is 38.3 Å². The minimum absolute atomic E-state index is 0.0379. The fourth-order valence-electron chi connectivity index (χ4n) is 1.48. The summed E-state index contributed by atoms with van der Waals surface area (Å²) in [6, 6.07) is 8.25. The van der Waals surface area contributed by atoms with Gasteiger partial charge in [0, 0.05) is 23.5 Å². The van der Waals surface area contributed by atoms with Gasteiger partial charge in [-0.2, -0.15) is 0 Å². The molecule has 0 atom stereocenters. The molecule has 0 fully saturated rings. The highest BCUT2D eigenvalue weighted by molar-refractivity contribution is 7.98. The van der Waals surface area contributed by atoms with E-state index in [0.717, 1.165) is 24.9 Å². The minimum Gasteiger partial charge on any atom is -0.352 e. The Labute approximate surface area is 113 Å². The van der Waals surface area contributed by atoms with E-state index in [2.05, 4.69) is 30.9 Å². The molecular formula is C13H18BNO2S. The summed E-state index contributed by atoms with van der Waals surface area (Å²) in [5.41, 5.74) is 2.40. The van der Waals surface area contributed by atoms with E-state index in [1.165, 1.54) is 5.46 Å². The van der Waals surface area contributed by atoms with Gasteiger partial charge in [-0.25, -0.2) is 0 Å². The number of hydrogen-bond donors (Lipinski definition) is 1. The predicted octanol–water partition coefficient (Wildman–Crippen LogP) is 1.61. The fourth-order valence-corrected chi connectivity index (χ4v) is 1.91. The van der Waals surface area contributed by atoms with E-state index in [4.69, 9.17) is 4.18 Å². The van der Waals surface area contributed by atoms with Gasteiger partial charge in [0.25, 0.3) is 0 Å². The van der Waals surface area contributed by atoms with Gasteiger partial charge in [0.15, 0.2) is 7.28 Å². The van der Waals surface area contributed by atoms with Gasteiger partial charge in [-0.15, -0.1) is 0 Å². The van der Waals surface area contributed by atoms with Crippen molar-refractivity contribution in [1.29, 1.82) is 0 Å². The molecule has 5 heteroatoms. The van der Waals surface area contributed by atoms with Gasteiger partial charge in [0.1, 0.15) is 0 Å². The largest absolute Gasteiger partial charge is 0.352 e. The SMILES string of the molecule is C=C(CC(=O)NCc1ccc(BC)cc1)SOC. The van der Waals surface area contributed by atoms with Crippen LogP contribution in [0.2, 0.25) is 6.82 Å². The second-order valence-electron chi connectivity index (χ2n) is 3.91. The van der Waals surface area contributed by atoms with Gasteiger partial charge in [0.05, 0.1) is 13.5 Å². The van der Waals surface area contributed by atoms with Gasteiger partial charge in [-0.05, 0) is 5.56 Å². The standard InChI is InChI=1S/C13H18BNO2S/c1-10(18-17-3)8-13(16)15-9-11-4-6-12(14-2)7-5-11/h4-7,14H,1,8-9H2,2-3H3,(H,15,16). The molecule has 1 rings (SSSR count). The zero-order valence-electron chi connectivity index (χ0n) is 10.9. The Bertz CT molecular complexity index is 406. The average Bonchev–Trinajstić information content (AvgIpc) is 2.37. The zero-order valence-corrected chi connectivity index (χ0v) is 11.7. The van der Waals surface area contributed by atoms with Crippen molar-refractivity contribution in [1.82, 2.24) is 5.32 Å². The third-order valence-electron chi connectivity index (χ3n) is 2.48. The Kier molecular flexibility index (Phi) is 6.61. The highest BCUT2D eigenvalue weighted by Crippen LogP contribution is 2.16. The van der Waals surface area contributed by atoms with Crippen molar-refractivity contribution in [2.75, 3.05) is 7.11 Å². The first-order valence-electron chi connectivity index (χ1n) is 5.88. The quantitative estimate of drug-likeness (QED) is 0.600. The number of nitrogens with one attached hydrogen (secondary N) is 1. The first-order chi connectivity index (χ1) is 8.65. The molecule has 0 bridgehead atoms. The third-order valence-corrected chi connectivity index (χ3v) is 3.03. The lowest BCUT2D eigenvalue weighted by molar-refractivity contribution is -0.120. The molecule has 96 valence electrons. The highest BCUT2D eigenvalue weighted by atomic mass is 32.2. The highest BCUT2D eigenvalue weighted by Gasteiger charge is 2.04. The maximum Gasteiger partial charge on any atom is 0.225 e. The minimum atomic E-state index is -0.0379. The summed E-state index contributed by atoms with van der Waals surface area (Å²) in [7, 11) is 2.59. The second kappa shape index (κ2) is 8.00. The lowest BCUT2D eigenvalue weighted by Gasteiger charge is -2.06. The van der Waals surface area contributed by atoms with Crippen molar-refractivity contribution in [3.63, 3.8) is 0 Å². The molecule has 0 radical (unpaired) electrons. The molecule has 1 aromatic carbocycles. The Hall–Kier alpha value is -1.20. The molecule has 0 unspecified atom stereocenters. The Morgan fingerprint density at radius 1 is 1.44 bits per heavy atom. The molecule has 0 aliphatic carbocycles. The number of benzene rings is 1. The summed E-state index contributed by atoms with van der Waals surface area (Å²) < 4.78 is 4.83. The lowest BCUT2D eigenvalue weighted by Crippen LogP contribution is -2.23. The van der Waals surface area contributed by atoms with Crippen LogP contribution in [0, 0.1) is 0 Å². The van der Waals surface area contributed by atoms with E-state index in [9.17, 15) is 4.79 Å². The van der Waals surface area contributed by atoms with Crippen molar-refractivity contribution in [3.8, 4) is 0 Å². The van der Waals surface area contributed by atoms with E-state index in [0.29, 0.717) is 11.4 Å². The van der Waals surface area contributed by atoms with Gasteiger partial charge in [-0.3, -0.25) is 4.79 Å². The summed E-state index contributed by atoms with van der Waals surface area (Å²) in [5, 5.41) is 2.86. The van der Waals surface area contributed by atoms with E-state index < -0.39 is 0 Å². The fraction of sp³-hybridized carbons (Fsp3) is 0.308. The summed E-state index contributed by atoms with van der Waals surface area (Å²) in [6.45, 7) is 6.41. The van der Waals surface area contributed by atoms with Crippen LogP contribution in [0.4, 0.5) is 0 Å². The molecule has 0 heterocycles. The Balaban J connectivity index is 2.35. The Morgan fingerprint density at radius 3 is 2.67 bits per heavy atom. The molecule has 0 aliphatic heterocycles. The maximum absolute atomic E-state index is 11.6. The second-order valence-corrected chi connectivity index (χ2v) is 4.99. The number of amides is 1.